The molecule has 3 fully saturated rings. The van der Waals surface area contributed by atoms with Crippen molar-refractivity contribution in [1.29, 1.82) is 0 Å². The highest BCUT2D eigenvalue weighted by molar-refractivity contribution is 5.79. The van der Waals surface area contributed by atoms with Gasteiger partial charge in [-0.25, -0.2) is 0 Å². The number of nitrogens with zero attached hydrogens (tertiary/aromatic N) is 4. The van der Waals surface area contributed by atoms with Gasteiger partial charge in [0.05, 0.1) is 12.0 Å². The van der Waals surface area contributed by atoms with Crippen LogP contribution in [0.3, 0.4) is 0 Å². The van der Waals surface area contributed by atoms with E-state index >= 15 is 0 Å². The summed E-state index contributed by atoms with van der Waals surface area (Å²) in [6, 6.07) is 4.82. The molecule has 6 nitrogen and oxygen atoms in total. The molecule has 3 aliphatic rings. The Morgan fingerprint density at radius 3 is 2.60 bits per heavy atom. The van der Waals surface area contributed by atoms with E-state index in [1.54, 1.807) is 0 Å². The number of pyridine rings is 1. The Bertz CT molecular complexity index is 654. The third-order valence-electron chi connectivity index (χ3n) is 7.16. The summed E-state index contributed by atoms with van der Waals surface area (Å²) in [5.74, 6) is 0.583. The first-order chi connectivity index (χ1) is 14.7. The molecule has 0 aliphatic carbocycles. The summed E-state index contributed by atoms with van der Waals surface area (Å²) < 4.78 is 5.75. The van der Waals surface area contributed by atoms with E-state index in [9.17, 15) is 4.79 Å². The average molecular weight is 415 g/mol. The fourth-order valence-corrected chi connectivity index (χ4v) is 5.47. The lowest BCUT2D eigenvalue weighted by atomic mass is 9.92. The number of likely N-dealkylation sites (tertiary alicyclic amines) is 3. The highest BCUT2D eigenvalue weighted by Crippen LogP contribution is 2.26. The lowest BCUT2D eigenvalue weighted by Crippen LogP contribution is -2.52. The van der Waals surface area contributed by atoms with Crippen molar-refractivity contribution in [3.63, 3.8) is 0 Å². The van der Waals surface area contributed by atoms with E-state index in [4.69, 9.17) is 4.74 Å². The van der Waals surface area contributed by atoms with Gasteiger partial charge < -0.3 is 9.64 Å². The molecule has 0 bridgehead atoms. The number of amides is 1. The van der Waals surface area contributed by atoms with Crippen LogP contribution in [0.25, 0.3) is 0 Å². The lowest BCUT2D eigenvalue weighted by Gasteiger charge is -2.43. The predicted octanol–water partition coefficient (Wildman–Crippen LogP) is 2.79. The quantitative estimate of drug-likeness (QED) is 0.716. The van der Waals surface area contributed by atoms with Gasteiger partial charge >= 0.3 is 0 Å². The van der Waals surface area contributed by atoms with Crippen LogP contribution in [0.4, 0.5) is 0 Å². The minimum atomic E-state index is 0.191. The molecule has 0 radical (unpaired) electrons. The van der Waals surface area contributed by atoms with E-state index < -0.39 is 0 Å². The van der Waals surface area contributed by atoms with Crippen molar-refractivity contribution in [2.45, 2.75) is 64.1 Å². The van der Waals surface area contributed by atoms with Gasteiger partial charge in [0.1, 0.15) is 0 Å². The van der Waals surface area contributed by atoms with Crippen molar-refractivity contribution in [1.82, 2.24) is 19.7 Å². The van der Waals surface area contributed by atoms with Crippen LogP contribution in [0, 0.1) is 5.92 Å². The van der Waals surface area contributed by atoms with Crippen LogP contribution in [-0.4, -0.2) is 83.6 Å². The van der Waals surface area contributed by atoms with Gasteiger partial charge in [0.15, 0.2) is 0 Å². The highest BCUT2D eigenvalue weighted by Gasteiger charge is 2.34. The molecule has 1 unspecified atom stereocenters. The molecule has 6 heteroatoms. The number of ether oxygens (including phenoxy) is 1. The number of carbonyl (C=O) groups excluding carboxylic acids is 1. The molecule has 30 heavy (non-hydrogen) atoms. The second-order valence-electron chi connectivity index (χ2n) is 9.18. The van der Waals surface area contributed by atoms with Crippen LogP contribution < -0.4 is 0 Å². The van der Waals surface area contributed by atoms with Gasteiger partial charge in [-0.1, -0.05) is 6.07 Å². The van der Waals surface area contributed by atoms with Crippen molar-refractivity contribution < 1.29 is 9.53 Å². The average Bonchev–Trinajstić information content (AvgIpc) is 2.81. The van der Waals surface area contributed by atoms with Gasteiger partial charge in [0.25, 0.3) is 0 Å². The molecule has 1 aromatic heterocycles. The zero-order valence-electron chi connectivity index (χ0n) is 18.5. The van der Waals surface area contributed by atoms with Gasteiger partial charge in [-0.15, -0.1) is 0 Å². The van der Waals surface area contributed by atoms with Crippen molar-refractivity contribution in [2.24, 2.45) is 5.92 Å². The normalized spacial score (nSPS) is 25.5. The summed E-state index contributed by atoms with van der Waals surface area (Å²) in [6.45, 7) is 9.95. The lowest BCUT2D eigenvalue weighted by molar-refractivity contribution is -0.140. The van der Waals surface area contributed by atoms with Crippen LogP contribution in [0.2, 0.25) is 0 Å². The summed E-state index contributed by atoms with van der Waals surface area (Å²) >= 11 is 0. The molecular formula is C24H38N4O2. The maximum absolute atomic E-state index is 13.1. The molecule has 0 aromatic carbocycles. The third-order valence-corrected chi connectivity index (χ3v) is 7.16. The molecule has 166 valence electrons. The van der Waals surface area contributed by atoms with E-state index in [2.05, 4.69) is 32.7 Å². The van der Waals surface area contributed by atoms with Crippen molar-refractivity contribution in [2.75, 3.05) is 45.9 Å². The number of hydrogen-bond donors (Lipinski definition) is 0. The fourth-order valence-electron chi connectivity index (χ4n) is 5.47. The molecule has 0 spiro atoms. The standard InChI is InChI=1S/C24H38N4O2/c1-2-30-23-9-15-27(16-10-23)24(29)21-6-4-12-28(19-21)22-7-13-26(14-8-22)18-20-5-3-11-25-17-20/h3,5,11,17,21-23H,2,4,6-10,12-16,18-19H2,1H3. The van der Waals surface area contributed by atoms with Gasteiger partial charge in [0.2, 0.25) is 5.91 Å². The van der Waals surface area contributed by atoms with Gasteiger partial charge in [-0.2, -0.15) is 0 Å². The maximum Gasteiger partial charge on any atom is 0.226 e. The molecule has 0 saturated carbocycles. The summed E-state index contributed by atoms with van der Waals surface area (Å²) in [5, 5.41) is 0. The highest BCUT2D eigenvalue weighted by atomic mass is 16.5. The Morgan fingerprint density at radius 1 is 1.10 bits per heavy atom. The second-order valence-corrected chi connectivity index (χ2v) is 9.18. The first-order valence-corrected chi connectivity index (χ1v) is 12.0. The minimum Gasteiger partial charge on any atom is -0.378 e. The van der Waals surface area contributed by atoms with Crippen molar-refractivity contribution >= 4 is 5.91 Å². The van der Waals surface area contributed by atoms with Crippen molar-refractivity contribution in [3.05, 3.63) is 30.1 Å². The Balaban J connectivity index is 1.23. The monoisotopic (exact) mass is 414 g/mol. The zero-order valence-corrected chi connectivity index (χ0v) is 18.5. The molecule has 4 rings (SSSR count). The number of hydrogen-bond acceptors (Lipinski definition) is 5. The fraction of sp³-hybridized carbons (Fsp3) is 0.750. The number of rotatable bonds is 6. The van der Waals surface area contributed by atoms with E-state index in [1.807, 2.05) is 18.5 Å². The maximum atomic E-state index is 13.1. The van der Waals surface area contributed by atoms with Crippen LogP contribution in [0.5, 0.6) is 0 Å². The molecule has 1 aromatic rings. The molecule has 4 heterocycles. The van der Waals surface area contributed by atoms with Crippen molar-refractivity contribution in [3.8, 4) is 0 Å². The van der Waals surface area contributed by atoms with Crippen LogP contribution in [0.1, 0.15) is 51.0 Å². The first kappa shape index (κ1) is 21.7. The molecule has 1 amide bonds. The van der Waals surface area contributed by atoms with E-state index in [0.717, 1.165) is 78.1 Å². The van der Waals surface area contributed by atoms with Crippen LogP contribution in [0.15, 0.2) is 24.5 Å². The molecular weight excluding hydrogens is 376 g/mol. The third kappa shape index (κ3) is 5.59. The summed E-state index contributed by atoms with van der Waals surface area (Å²) in [5.41, 5.74) is 1.30. The molecule has 3 aliphatic heterocycles. The van der Waals surface area contributed by atoms with E-state index in [1.165, 1.54) is 18.4 Å². The summed E-state index contributed by atoms with van der Waals surface area (Å²) in [7, 11) is 0. The Kier molecular flexibility index (Phi) is 7.74. The van der Waals surface area contributed by atoms with Gasteiger partial charge in [0, 0.05) is 51.2 Å². The topological polar surface area (TPSA) is 48.9 Å². The SMILES string of the molecule is CCOC1CCN(C(=O)C2CCCN(C3CCN(Cc4cccnc4)CC3)C2)CC1. The zero-order chi connectivity index (χ0) is 20.8. The van der Waals surface area contributed by atoms with Gasteiger partial charge in [-0.05, 0) is 76.7 Å². The Morgan fingerprint density at radius 2 is 1.90 bits per heavy atom. The largest absolute Gasteiger partial charge is 0.378 e. The molecule has 1 atom stereocenters. The second kappa shape index (κ2) is 10.7. The number of carbonyl (C=O) groups is 1. The summed E-state index contributed by atoms with van der Waals surface area (Å²) in [6.07, 6.45) is 10.8. The molecule has 0 N–H and O–H groups in total. The first-order valence-electron chi connectivity index (χ1n) is 12.0. The van der Waals surface area contributed by atoms with E-state index in [0.29, 0.717) is 18.1 Å². The minimum absolute atomic E-state index is 0.191. The molecule has 3 saturated heterocycles. The summed E-state index contributed by atoms with van der Waals surface area (Å²) in [4.78, 5) is 24.7. The van der Waals surface area contributed by atoms with Crippen LogP contribution >= 0.6 is 0 Å². The predicted molar refractivity (Wildman–Crippen MR) is 118 cm³/mol. The number of piperidine rings is 3. The number of aromatic nitrogens is 1. The van der Waals surface area contributed by atoms with Gasteiger partial charge in [-0.3, -0.25) is 19.6 Å². The van der Waals surface area contributed by atoms with Crippen LogP contribution in [-0.2, 0) is 16.1 Å². The Labute approximate surface area is 181 Å². The Hall–Kier alpha value is -1.50. The smallest absolute Gasteiger partial charge is 0.226 e. The van der Waals surface area contributed by atoms with E-state index in [-0.39, 0.29) is 5.92 Å².